The summed E-state index contributed by atoms with van der Waals surface area (Å²) in [5.41, 5.74) is 1.63. The lowest BCUT2D eigenvalue weighted by atomic mass is 9.95. The van der Waals surface area contributed by atoms with Gasteiger partial charge in [-0.1, -0.05) is 29.8 Å². The number of benzene rings is 1. The van der Waals surface area contributed by atoms with Gasteiger partial charge in [-0.3, -0.25) is 25.6 Å². The van der Waals surface area contributed by atoms with Crippen LogP contribution in [0.5, 0.6) is 0 Å². The Hall–Kier alpha value is -2.17. The lowest BCUT2D eigenvalue weighted by molar-refractivity contribution is -0.131. The molecule has 0 unspecified atom stereocenters. The van der Waals surface area contributed by atoms with Gasteiger partial charge in [-0.05, 0) is 12.5 Å². The Kier molecular flexibility index (Phi) is 2.44. The van der Waals surface area contributed by atoms with Crippen molar-refractivity contribution in [2.75, 3.05) is 0 Å². The minimum Gasteiger partial charge on any atom is -0.296 e. The van der Waals surface area contributed by atoms with E-state index < -0.39 is 17.7 Å². The highest BCUT2D eigenvalue weighted by Crippen LogP contribution is 2.19. The van der Waals surface area contributed by atoms with Gasteiger partial charge >= 0.3 is 0 Å². The Bertz CT molecular complexity index is 462. The van der Waals surface area contributed by atoms with E-state index >= 15 is 0 Å². The normalized spacial score (nSPS) is 20.3. The maximum Gasteiger partial charge on any atom is 0.243 e. The summed E-state index contributed by atoms with van der Waals surface area (Å²) >= 11 is 0. The molecular weight excluding hydrogens is 206 g/mol. The number of hydrogen-bond donors (Lipinski definition) is 3. The largest absolute Gasteiger partial charge is 0.296 e. The molecule has 0 radical (unpaired) electrons. The molecule has 1 aliphatic heterocycles. The quantitative estimate of drug-likeness (QED) is 0.590. The van der Waals surface area contributed by atoms with Gasteiger partial charge in [-0.2, -0.15) is 0 Å². The Morgan fingerprint density at radius 1 is 1.19 bits per heavy atom. The Balaban J connectivity index is 2.36. The fourth-order valence-corrected chi connectivity index (χ4v) is 1.69. The van der Waals surface area contributed by atoms with E-state index in [1.807, 2.05) is 13.0 Å². The lowest BCUT2D eigenvalue weighted by Gasteiger charge is -2.22. The zero-order valence-electron chi connectivity index (χ0n) is 8.70. The van der Waals surface area contributed by atoms with Crippen LogP contribution < -0.4 is 10.6 Å². The second-order valence-corrected chi connectivity index (χ2v) is 3.70. The first-order valence-corrected chi connectivity index (χ1v) is 4.85. The van der Waals surface area contributed by atoms with Crippen LogP contribution in [0.25, 0.3) is 0 Å². The molecule has 1 aliphatic rings. The summed E-state index contributed by atoms with van der Waals surface area (Å²) in [5, 5.41) is 11.8. The topological polar surface area (TPSA) is 82.1 Å². The third-order valence-corrected chi connectivity index (χ3v) is 2.40. The molecule has 1 aromatic carbocycles. The van der Waals surface area contributed by atoms with Crippen LogP contribution in [0.1, 0.15) is 17.0 Å². The smallest absolute Gasteiger partial charge is 0.243 e. The van der Waals surface area contributed by atoms with Gasteiger partial charge in [0, 0.05) is 0 Å². The van der Waals surface area contributed by atoms with Crippen molar-refractivity contribution < 1.29 is 9.59 Å². The average Bonchev–Trinajstić information content (AvgIpc) is 2.15. The highest BCUT2D eigenvalue weighted by molar-refractivity contribution is 6.19. The van der Waals surface area contributed by atoms with Crippen LogP contribution in [0.2, 0.25) is 0 Å². The molecule has 3 N–H and O–H groups in total. The second kappa shape index (κ2) is 3.77. The number of amides is 2. The summed E-state index contributed by atoms with van der Waals surface area (Å²) in [7, 11) is 0. The predicted octanol–water partition coefficient (Wildman–Crippen LogP) is 0.259. The van der Waals surface area contributed by atoms with Crippen LogP contribution in [0.15, 0.2) is 24.3 Å². The first kappa shape index (κ1) is 10.4. The van der Waals surface area contributed by atoms with Crippen molar-refractivity contribution in [3.8, 4) is 0 Å². The van der Waals surface area contributed by atoms with Crippen LogP contribution in [0.3, 0.4) is 0 Å². The van der Waals surface area contributed by atoms with E-state index in [1.165, 1.54) is 0 Å². The van der Waals surface area contributed by atoms with Crippen LogP contribution in [-0.4, -0.2) is 17.8 Å². The molecule has 0 spiro atoms. The number of hydrogen-bond acceptors (Lipinski definition) is 3. The Labute approximate surface area is 92.4 Å². The second-order valence-electron chi connectivity index (χ2n) is 3.70. The highest BCUT2D eigenvalue weighted by atomic mass is 16.2. The maximum absolute atomic E-state index is 11.6. The van der Waals surface area contributed by atoms with Gasteiger partial charge in [0.15, 0.2) is 0 Å². The van der Waals surface area contributed by atoms with E-state index in [9.17, 15) is 9.59 Å². The molecule has 2 amide bonds. The predicted molar refractivity (Wildman–Crippen MR) is 57.9 cm³/mol. The molecule has 16 heavy (non-hydrogen) atoms. The monoisotopic (exact) mass is 217 g/mol. The number of aryl methyl sites for hydroxylation is 1. The van der Waals surface area contributed by atoms with Gasteiger partial charge in [-0.15, -0.1) is 0 Å². The lowest BCUT2D eigenvalue weighted by Crippen LogP contribution is -2.54. The van der Waals surface area contributed by atoms with Crippen molar-refractivity contribution in [2.45, 2.75) is 12.8 Å². The van der Waals surface area contributed by atoms with Crippen LogP contribution in [0.4, 0.5) is 0 Å². The number of nitrogens with one attached hydrogen (secondary N) is 3. The standard InChI is InChI=1S/C11H11N3O2/c1-6-3-2-4-7(5-6)8-9(15)13-11(12)14-10(8)16/h2-5,8H,1H3,(H3,12,13,14,15,16). The van der Waals surface area contributed by atoms with Crippen molar-refractivity contribution >= 4 is 17.8 Å². The molecule has 5 nitrogen and oxygen atoms in total. The fourth-order valence-electron chi connectivity index (χ4n) is 1.69. The molecule has 0 aromatic heterocycles. The van der Waals surface area contributed by atoms with Gasteiger partial charge in [0.25, 0.3) is 0 Å². The summed E-state index contributed by atoms with van der Waals surface area (Å²) in [6, 6.07) is 7.21. The third kappa shape index (κ3) is 1.79. The van der Waals surface area contributed by atoms with Gasteiger partial charge in [-0.25, -0.2) is 0 Å². The number of rotatable bonds is 1. The van der Waals surface area contributed by atoms with E-state index in [-0.39, 0.29) is 5.96 Å². The van der Waals surface area contributed by atoms with Crippen molar-refractivity contribution in [1.29, 1.82) is 5.41 Å². The zero-order valence-corrected chi connectivity index (χ0v) is 8.70. The molecule has 0 bridgehead atoms. The Morgan fingerprint density at radius 3 is 2.38 bits per heavy atom. The summed E-state index contributed by atoms with van der Waals surface area (Å²) in [6.45, 7) is 1.89. The highest BCUT2D eigenvalue weighted by Gasteiger charge is 2.33. The average molecular weight is 217 g/mol. The molecule has 0 aliphatic carbocycles. The molecule has 1 saturated heterocycles. The van der Waals surface area contributed by atoms with Crippen LogP contribution in [-0.2, 0) is 9.59 Å². The third-order valence-electron chi connectivity index (χ3n) is 2.40. The molecule has 2 rings (SSSR count). The molecular formula is C11H11N3O2. The van der Waals surface area contributed by atoms with E-state index in [0.29, 0.717) is 5.56 Å². The Morgan fingerprint density at radius 2 is 1.81 bits per heavy atom. The molecule has 1 aromatic rings. The van der Waals surface area contributed by atoms with Crippen molar-refractivity contribution in [3.05, 3.63) is 35.4 Å². The summed E-state index contributed by atoms with van der Waals surface area (Å²) < 4.78 is 0. The molecule has 0 saturated carbocycles. The van der Waals surface area contributed by atoms with Gasteiger partial charge < -0.3 is 0 Å². The van der Waals surface area contributed by atoms with Crippen molar-refractivity contribution in [2.24, 2.45) is 0 Å². The van der Waals surface area contributed by atoms with Gasteiger partial charge in [0.05, 0.1) is 0 Å². The first-order valence-electron chi connectivity index (χ1n) is 4.85. The first-order chi connectivity index (χ1) is 7.58. The van der Waals surface area contributed by atoms with Gasteiger partial charge in [0.2, 0.25) is 17.8 Å². The summed E-state index contributed by atoms with van der Waals surface area (Å²) in [4.78, 5) is 23.2. The van der Waals surface area contributed by atoms with E-state index in [2.05, 4.69) is 10.6 Å². The minimum atomic E-state index is -0.867. The summed E-state index contributed by atoms with van der Waals surface area (Å²) in [6.07, 6.45) is 0. The summed E-state index contributed by atoms with van der Waals surface area (Å²) in [5.74, 6) is -2.05. The number of carbonyl (C=O) groups is 2. The van der Waals surface area contributed by atoms with Crippen LogP contribution >= 0.6 is 0 Å². The zero-order chi connectivity index (χ0) is 11.7. The SMILES string of the molecule is Cc1cccc(C2C(=O)NC(=N)NC2=O)c1. The number of guanidine groups is 1. The van der Waals surface area contributed by atoms with Gasteiger partial charge in [0.1, 0.15) is 5.92 Å². The van der Waals surface area contributed by atoms with E-state index in [1.54, 1.807) is 18.2 Å². The molecule has 0 atom stereocenters. The van der Waals surface area contributed by atoms with E-state index in [4.69, 9.17) is 5.41 Å². The minimum absolute atomic E-state index is 0.265. The number of carbonyl (C=O) groups excluding carboxylic acids is 2. The van der Waals surface area contributed by atoms with Crippen LogP contribution in [0, 0.1) is 12.3 Å². The molecule has 1 fully saturated rings. The molecule has 1 heterocycles. The fraction of sp³-hybridized carbons (Fsp3) is 0.182. The van der Waals surface area contributed by atoms with Crippen molar-refractivity contribution in [3.63, 3.8) is 0 Å². The molecule has 82 valence electrons. The van der Waals surface area contributed by atoms with E-state index in [0.717, 1.165) is 5.56 Å². The maximum atomic E-state index is 11.6. The molecule has 5 heteroatoms. The van der Waals surface area contributed by atoms with Crippen molar-refractivity contribution in [1.82, 2.24) is 10.6 Å².